The summed E-state index contributed by atoms with van der Waals surface area (Å²) in [5.74, 6) is -1.24. The van der Waals surface area contributed by atoms with E-state index in [1.165, 1.54) is 22.3 Å². The first-order valence-electron chi connectivity index (χ1n) is 12.1. The normalized spacial score (nSPS) is 25.1. The Morgan fingerprint density at radius 3 is 2.24 bits per heavy atom. The molecule has 2 aromatic carbocycles. The van der Waals surface area contributed by atoms with E-state index in [4.69, 9.17) is 9.84 Å². The Morgan fingerprint density at radius 2 is 1.59 bits per heavy atom. The summed E-state index contributed by atoms with van der Waals surface area (Å²) in [6.45, 7) is 0.665. The lowest BCUT2D eigenvalue weighted by atomic mass is 9.80. The average molecular weight is 463 g/mol. The molecule has 0 bridgehead atoms. The van der Waals surface area contributed by atoms with E-state index >= 15 is 0 Å². The van der Waals surface area contributed by atoms with Crippen molar-refractivity contribution in [1.29, 1.82) is 0 Å². The topological polar surface area (TPSA) is 105 Å². The van der Waals surface area contributed by atoms with Crippen LogP contribution in [0.25, 0.3) is 11.1 Å². The predicted molar refractivity (Wildman–Crippen MR) is 126 cm³/mol. The molecule has 2 atom stereocenters. The molecule has 7 nitrogen and oxygen atoms in total. The molecule has 0 heterocycles. The van der Waals surface area contributed by atoms with Gasteiger partial charge in [0.1, 0.15) is 6.61 Å². The van der Waals surface area contributed by atoms with Crippen LogP contribution in [-0.4, -0.2) is 42.3 Å². The van der Waals surface area contributed by atoms with Crippen LogP contribution in [0.5, 0.6) is 0 Å². The van der Waals surface area contributed by atoms with Gasteiger partial charge in [-0.25, -0.2) is 4.79 Å². The summed E-state index contributed by atoms with van der Waals surface area (Å²) in [6.07, 6.45) is 3.14. The van der Waals surface area contributed by atoms with Crippen molar-refractivity contribution in [3.05, 3.63) is 59.7 Å². The lowest BCUT2D eigenvalue weighted by Crippen LogP contribution is -2.49. The predicted octanol–water partition coefficient (Wildman–Crippen LogP) is 3.92. The zero-order valence-electron chi connectivity index (χ0n) is 19.0. The van der Waals surface area contributed by atoms with Gasteiger partial charge in [-0.05, 0) is 53.9 Å². The molecule has 34 heavy (non-hydrogen) atoms. The largest absolute Gasteiger partial charge is 0.481 e. The van der Waals surface area contributed by atoms with Gasteiger partial charge in [0.2, 0.25) is 5.91 Å². The molecule has 3 N–H and O–H groups in total. The van der Waals surface area contributed by atoms with Gasteiger partial charge in [-0.1, -0.05) is 55.0 Å². The van der Waals surface area contributed by atoms with Crippen LogP contribution < -0.4 is 10.6 Å². The molecule has 3 aliphatic rings. The summed E-state index contributed by atoms with van der Waals surface area (Å²) in [7, 11) is 0. The van der Waals surface area contributed by atoms with Gasteiger partial charge in [0, 0.05) is 24.4 Å². The Balaban J connectivity index is 1.11. The summed E-state index contributed by atoms with van der Waals surface area (Å²) in [5, 5.41) is 14.9. The Morgan fingerprint density at radius 1 is 0.941 bits per heavy atom. The molecule has 0 radical (unpaired) electrons. The fraction of sp³-hybridized carbons (Fsp3) is 0.444. The van der Waals surface area contributed by atoms with Gasteiger partial charge < -0.3 is 20.5 Å². The fourth-order valence-electron chi connectivity index (χ4n) is 5.74. The number of carboxylic acids is 1. The lowest BCUT2D eigenvalue weighted by Gasteiger charge is -2.34. The minimum Gasteiger partial charge on any atom is -0.481 e. The van der Waals surface area contributed by atoms with Crippen molar-refractivity contribution in [2.45, 2.75) is 44.1 Å². The third kappa shape index (κ3) is 4.39. The van der Waals surface area contributed by atoms with Crippen LogP contribution in [0.4, 0.5) is 4.79 Å². The standard InChI is InChI=1S/C27H30N2O5/c30-25(29-18-12-17(13-18)26(31)32)19-11-5-6-16(19)14-28-27(33)34-15-24-22-9-3-1-7-20(22)21-8-2-4-10-23(21)24/h1-4,7-10,16-19,24H,5-6,11-15H2,(H,28,33)(H,29,30)(H,31,32)/t16-,17?,18?,19-/m0/s1. The van der Waals surface area contributed by atoms with Crippen molar-refractivity contribution < 1.29 is 24.2 Å². The van der Waals surface area contributed by atoms with Crippen LogP contribution in [-0.2, 0) is 14.3 Å². The van der Waals surface area contributed by atoms with Gasteiger partial charge in [-0.3, -0.25) is 9.59 Å². The van der Waals surface area contributed by atoms with Crippen LogP contribution in [0.15, 0.2) is 48.5 Å². The number of benzene rings is 2. The highest BCUT2D eigenvalue weighted by atomic mass is 16.5. The van der Waals surface area contributed by atoms with Crippen LogP contribution >= 0.6 is 0 Å². The minimum atomic E-state index is -0.795. The molecule has 0 saturated heterocycles. The molecule has 0 aromatic heterocycles. The minimum absolute atomic E-state index is 0.0141. The molecule has 0 unspecified atom stereocenters. The van der Waals surface area contributed by atoms with Crippen molar-refractivity contribution in [3.63, 3.8) is 0 Å². The molecule has 178 valence electrons. The number of carboxylic acid groups (broad SMARTS) is 1. The second-order valence-electron chi connectivity index (χ2n) is 9.72. The average Bonchev–Trinajstić information content (AvgIpc) is 3.41. The van der Waals surface area contributed by atoms with Gasteiger partial charge >= 0.3 is 12.1 Å². The molecular formula is C27H30N2O5. The first-order valence-corrected chi connectivity index (χ1v) is 12.1. The van der Waals surface area contributed by atoms with E-state index < -0.39 is 12.1 Å². The quantitative estimate of drug-likeness (QED) is 0.579. The van der Waals surface area contributed by atoms with Crippen molar-refractivity contribution in [3.8, 4) is 11.1 Å². The number of nitrogens with one attached hydrogen (secondary N) is 2. The Hall–Kier alpha value is -3.35. The van der Waals surface area contributed by atoms with Crippen LogP contribution in [0.1, 0.15) is 49.1 Å². The summed E-state index contributed by atoms with van der Waals surface area (Å²) in [6, 6.07) is 16.4. The Labute approximate surface area is 198 Å². The number of carbonyl (C=O) groups is 3. The monoisotopic (exact) mass is 462 g/mol. The number of rotatable bonds is 7. The van der Waals surface area contributed by atoms with E-state index in [2.05, 4.69) is 34.9 Å². The van der Waals surface area contributed by atoms with E-state index in [1.54, 1.807) is 0 Å². The number of hydrogen-bond acceptors (Lipinski definition) is 4. The summed E-state index contributed by atoms with van der Waals surface area (Å²) >= 11 is 0. The van der Waals surface area contributed by atoms with Crippen molar-refractivity contribution in [2.75, 3.05) is 13.2 Å². The first kappa shape index (κ1) is 22.4. The zero-order chi connectivity index (χ0) is 23.7. The molecule has 0 spiro atoms. The van der Waals surface area contributed by atoms with Crippen molar-refractivity contribution in [1.82, 2.24) is 10.6 Å². The third-order valence-electron chi connectivity index (χ3n) is 7.68. The van der Waals surface area contributed by atoms with Gasteiger partial charge in [-0.15, -0.1) is 0 Å². The Kier molecular flexibility index (Phi) is 6.26. The van der Waals surface area contributed by atoms with Gasteiger partial charge in [0.15, 0.2) is 0 Å². The second kappa shape index (κ2) is 9.49. The lowest BCUT2D eigenvalue weighted by molar-refractivity contribution is -0.146. The van der Waals surface area contributed by atoms with Crippen molar-refractivity contribution in [2.24, 2.45) is 17.8 Å². The third-order valence-corrected chi connectivity index (χ3v) is 7.68. The molecular weight excluding hydrogens is 432 g/mol. The maximum absolute atomic E-state index is 12.7. The highest BCUT2D eigenvalue weighted by Crippen LogP contribution is 2.44. The Bertz CT molecular complexity index is 1050. The molecule has 3 aliphatic carbocycles. The van der Waals surface area contributed by atoms with E-state index in [9.17, 15) is 14.4 Å². The van der Waals surface area contributed by atoms with Crippen LogP contribution in [0.3, 0.4) is 0 Å². The number of ether oxygens (including phenoxy) is 1. The molecule has 2 fully saturated rings. The van der Waals surface area contributed by atoms with Gasteiger partial charge in [0.05, 0.1) is 5.92 Å². The number of hydrogen-bond donors (Lipinski definition) is 3. The summed E-state index contributed by atoms with van der Waals surface area (Å²) in [4.78, 5) is 36.2. The second-order valence-corrected chi connectivity index (χ2v) is 9.72. The van der Waals surface area contributed by atoms with Gasteiger partial charge in [-0.2, -0.15) is 0 Å². The van der Waals surface area contributed by atoms with Crippen LogP contribution in [0.2, 0.25) is 0 Å². The highest BCUT2D eigenvalue weighted by molar-refractivity contribution is 5.81. The smallest absolute Gasteiger partial charge is 0.407 e. The first-order chi connectivity index (χ1) is 16.5. The number of fused-ring (bicyclic) bond motifs is 3. The number of alkyl carbamates (subject to hydrolysis) is 1. The van der Waals surface area contributed by atoms with E-state index in [1.807, 2.05) is 24.3 Å². The molecule has 0 aliphatic heterocycles. The number of amides is 2. The summed E-state index contributed by atoms with van der Waals surface area (Å²) < 4.78 is 5.61. The zero-order valence-corrected chi connectivity index (χ0v) is 19.0. The van der Waals surface area contributed by atoms with Gasteiger partial charge in [0.25, 0.3) is 0 Å². The fourth-order valence-corrected chi connectivity index (χ4v) is 5.74. The van der Waals surface area contributed by atoms with Crippen LogP contribution in [0, 0.1) is 17.8 Å². The SMILES string of the molecule is O=C(NC[C@@H]1CCC[C@@H]1C(=O)NC1CC(C(=O)O)C1)OCC1c2ccccc2-c2ccccc21. The molecule has 5 rings (SSSR count). The van der Waals surface area contributed by atoms with E-state index in [-0.39, 0.29) is 42.2 Å². The van der Waals surface area contributed by atoms with Crippen molar-refractivity contribution >= 4 is 18.0 Å². The van der Waals surface area contributed by atoms with E-state index in [0.29, 0.717) is 19.4 Å². The summed E-state index contributed by atoms with van der Waals surface area (Å²) in [5.41, 5.74) is 4.72. The molecule has 7 heteroatoms. The maximum atomic E-state index is 12.7. The highest BCUT2D eigenvalue weighted by Gasteiger charge is 2.39. The number of aliphatic carboxylic acids is 1. The molecule has 2 aromatic rings. The maximum Gasteiger partial charge on any atom is 0.407 e. The van der Waals surface area contributed by atoms with E-state index in [0.717, 1.165) is 19.3 Å². The number of carbonyl (C=O) groups excluding carboxylic acids is 2. The molecule has 2 amide bonds. The molecule has 2 saturated carbocycles.